The maximum Gasteiger partial charge on any atom is 0.243 e. The number of halogens is 1. The summed E-state index contributed by atoms with van der Waals surface area (Å²) in [6.45, 7) is 2.22. The average molecular weight is 406 g/mol. The van der Waals surface area contributed by atoms with Gasteiger partial charge in [-0.25, -0.2) is 12.8 Å². The molecule has 1 atom stereocenters. The molecule has 28 heavy (non-hydrogen) atoms. The number of piperidine rings is 1. The summed E-state index contributed by atoms with van der Waals surface area (Å²) in [6.07, 6.45) is 1.16. The zero-order valence-electron chi connectivity index (χ0n) is 15.8. The molecule has 1 saturated heterocycles. The Bertz CT molecular complexity index is 961. The lowest BCUT2D eigenvalue weighted by Crippen LogP contribution is -2.43. The molecule has 0 aliphatic carbocycles. The van der Waals surface area contributed by atoms with Gasteiger partial charge in [0, 0.05) is 18.8 Å². The molecule has 1 amide bonds. The summed E-state index contributed by atoms with van der Waals surface area (Å²) in [5.74, 6) is -0.665. The topological polar surface area (TPSA) is 75.7 Å². The normalized spacial score (nSPS) is 17.9. The summed E-state index contributed by atoms with van der Waals surface area (Å²) >= 11 is 0. The number of carbonyl (C=O) groups is 1. The van der Waals surface area contributed by atoms with E-state index in [1.54, 1.807) is 25.1 Å². The molecule has 1 aliphatic heterocycles. The first-order valence-electron chi connectivity index (χ1n) is 9.02. The van der Waals surface area contributed by atoms with Crippen molar-refractivity contribution in [2.45, 2.75) is 24.7 Å². The Morgan fingerprint density at radius 1 is 1.21 bits per heavy atom. The van der Waals surface area contributed by atoms with Gasteiger partial charge in [0.1, 0.15) is 11.6 Å². The highest BCUT2D eigenvalue weighted by molar-refractivity contribution is 7.89. The van der Waals surface area contributed by atoms with Crippen LogP contribution in [-0.4, -0.2) is 38.8 Å². The highest BCUT2D eigenvalue weighted by Gasteiger charge is 2.33. The van der Waals surface area contributed by atoms with Gasteiger partial charge in [0.05, 0.1) is 17.9 Å². The number of nitrogens with zero attached hydrogens (tertiary/aromatic N) is 1. The van der Waals surface area contributed by atoms with Gasteiger partial charge in [-0.1, -0.05) is 6.07 Å². The number of hydrogen-bond donors (Lipinski definition) is 1. The van der Waals surface area contributed by atoms with Crippen LogP contribution in [0.25, 0.3) is 0 Å². The van der Waals surface area contributed by atoms with Gasteiger partial charge in [0.15, 0.2) is 0 Å². The first-order chi connectivity index (χ1) is 13.3. The molecule has 0 spiro atoms. The first kappa shape index (κ1) is 20.3. The number of nitrogens with one attached hydrogen (secondary N) is 1. The van der Waals surface area contributed by atoms with Crippen molar-refractivity contribution >= 4 is 21.6 Å². The number of rotatable bonds is 5. The van der Waals surface area contributed by atoms with Crippen molar-refractivity contribution in [3.05, 3.63) is 53.8 Å². The highest BCUT2D eigenvalue weighted by Crippen LogP contribution is 2.26. The number of carbonyl (C=O) groups excluding carboxylic acids is 1. The van der Waals surface area contributed by atoms with Gasteiger partial charge < -0.3 is 10.1 Å². The number of sulfonamides is 1. The van der Waals surface area contributed by atoms with Crippen LogP contribution in [0.15, 0.2) is 47.4 Å². The molecular formula is C20H23FN2O4S. The molecule has 0 aromatic heterocycles. The van der Waals surface area contributed by atoms with E-state index in [9.17, 15) is 17.6 Å². The number of aryl methyl sites for hydroxylation is 1. The number of methoxy groups -OCH3 is 1. The van der Waals surface area contributed by atoms with Crippen molar-refractivity contribution in [1.29, 1.82) is 0 Å². The Balaban J connectivity index is 1.73. The van der Waals surface area contributed by atoms with E-state index in [1.165, 1.54) is 35.7 Å². The molecule has 1 aliphatic rings. The van der Waals surface area contributed by atoms with Crippen molar-refractivity contribution in [1.82, 2.24) is 4.31 Å². The molecule has 150 valence electrons. The number of amides is 1. The maximum absolute atomic E-state index is 13.5. The van der Waals surface area contributed by atoms with Gasteiger partial charge in [-0.15, -0.1) is 0 Å². The predicted octanol–water partition coefficient (Wildman–Crippen LogP) is 3.18. The molecule has 1 N–H and O–H groups in total. The number of hydrogen-bond acceptors (Lipinski definition) is 4. The van der Waals surface area contributed by atoms with Gasteiger partial charge in [-0.3, -0.25) is 4.79 Å². The lowest BCUT2D eigenvalue weighted by atomic mass is 9.98. The number of anilines is 1. The van der Waals surface area contributed by atoms with Crippen LogP contribution in [0, 0.1) is 18.7 Å². The summed E-state index contributed by atoms with van der Waals surface area (Å²) in [4.78, 5) is 12.8. The number of ether oxygens (including phenoxy) is 1. The highest BCUT2D eigenvalue weighted by atomic mass is 32.2. The van der Waals surface area contributed by atoms with Crippen LogP contribution >= 0.6 is 0 Å². The van der Waals surface area contributed by atoms with Gasteiger partial charge >= 0.3 is 0 Å². The zero-order valence-corrected chi connectivity index (χ0v) is 16.6. The maximum atomic E-state index is 13.5. The van der Waals surface area contributed by atoms with Crippen molar-refractivity contribution in [3.63, 3.8) is 0 Å². The Hall–Kier alpha value is -2.45. The molecule has 2 aromatic carbocycles. The van der Waals surface area contributed by atoms with Crippen molar-refractivity contribution in [2.24, 2.45) is 5.92 Å². The smallest absolute Gasteiger partial charge is 0.243 e. The SMILES string of the molecule is COc1ccc(S(=O)(=O)N2CCC[C@@H](C(=O)Nc3cc(F)ccc3C)C2)cc1. The molecule has 1 heterocycles. The average Bonchev–Trinajstić information content (AvgIpc) is 2.71. The molecule has 0 unspecified atom stereocenters. The fraction of sp³-hybridized carbons (Fsp3) is 0.350. The van der Waals surface area contributed by atoms with E-state index in [-0.39, 0.29) is 17.3 Å². The fourth-order valence-corrected chi connectivity index (χ4v) is 4.76. The van der Waals surface area contributed by atoms with Gasteiger partial charge in [0.25, 0.3) is 0 Å². The van der Waals surface area contributed by atoms with Gasteiger partial charge in [-0.2, -0.15) is 4.31 Å². The second-order valence-corrected chi connectivity index (χ2v) is 8.76. The molecule has 0 saturated carbocycles. The monoisotopic (exact) mass is 406 g/mol. The fourth-order valence-electron chi connectivity index (χ4n) is 3.24. The van der Waals surface area contributed by atoms with Crippen molar-refractivity contribution in [2.75, 3.05) is 25.5 Å². The molecule has 8 heteroatoms. The van der Waals surface area contributed by atoms with E-state index < -0.39 is 21.8 Å². The Morgan fingerprint density at radius 2 is 1.93 bits per heavy atom. The lowest BCUT2D eigenvalue weighted by Gasteiger charge is -2.31. The van der Waals surface area contributed by atoms with E-state index in [0.717, 1.165) is 5.56 Å². The van der Waals surface area contributed by atoms with E-state index in [0.29, 0.717) is 30.8 Å². The van der Waals surface area contributed by atoms with Crippen LogP contribution < -0.4 is 10.1 Å². The Morgan fingerprint density at radius 3 is 2.61 bits per heavy atom. The minimum atomic E-state index is -3.70. The van der Waals surface area contributed by atoms with Crippen molar-refractivity contribution < 1.29 is 22.3 Å². The second kappa shape index (κ2) is 8.28. The van der Waals surface area contributed by atoms with E-state index in [2.05, 4.69) is 5.32 Å². The van der Waals surface area contributed by atoms with Gasteiger partial charge in [0.2, 0.25) is 15.9 Å². The quantitative estimate of drug-likeness (QED) is 0.828. The summed E-state index contributed by atoms with van der Waals surface area (Å²) in [6, 6.07) is 10.4. The predicted molar refractivity (Wildman–Crippen MR) is 104 cm³/mol. The summed E-state index contributed by atoms with van der Waals surface area (Å²) in [5, 5.41) is 2.73. The third-order valence-corrected chi connectivity index (χ3v) is 6.79. The molecule has 2 aromatic rings. The molecule has 0 bridgehead atoms. The van der Waals surface area contributed by atoms with Crippen LogP contribution in [0.3, 0.4) is 0 Å². The Kier molecular flexibility index (Phi) is 6.00. The molecule has 6 nitrogen and oxygen atoms in total. The summed E-state index contributed by atoms with van der Waals surface area (Å²) < 4.78 is 45.7. The van der Waals surface area contributed by atoms with Crippen LogP contribution in [0.5, 0.6) is 5.75 Å². The molecule has 0 radical (unpaired) electrons. The van der Waals surface area contributed by atoms with Crippen LogP contribution in [0.4, 0.5) is 10.1 Å². The van der Waals surface area contributed by atoms with E-state index >= 15 is 0 Å². The second-order valence-electron chi connectivity index (χ2n) is 6.83. The zero-order chi connectivity index (χ0) is 20.3. The van der Waals surface area contributed by atoms with Gasteiger partial charge in [-0.05, 0) is 61.7 Å². The minimum absolute atomic E-state index is 0.0918. The van der Waals surface area contributed by atoms with Crippen LogP contribution in [0.2, 0.25) is 0 Å². The summed E-state index contributed by atoms with van der Waals surface area (Å²) in [5.41, 5.74) is 1.15. The molecular weight excluding hydrogens is 383 g/mol. The lowest BCUT2D eigenvalue weighted by molar-refractivity contribution is -0.120. The first-order valence-corrected chi connectivity index (χ1v) is 10.5. The van der Waals surface area contributed by atoms with E-state index in [4.69, 9.17) is 4.74 Å². The molecule has 1 fully saturated rings. The minimum Gasteiger partial charge on any atom is -0.497 e. The molecule has 3 rings (SSSR count). The van der Waals surface area contributed by atoms with E-state index in [1.807, 2.05) is 0 Å². The van der Waals surface area contributed by atoms with Crippen molar-refractivity contribution in [3.8, 4) is 5.75 Å². The third kappa shape index (κ3) is 4.34. The Labute approximate surface area is 164 Å². The number of benzene rings is 2. The van der Waals surface area contributed by atoms with Crippen LogP contribution in [-0.2, 0) is 14.8 Å². The van der Waals surface area contributed by atoms with Crippen LogP contribution in [0.1, 0.15) is 18.4 Å². The third-order valence-electron chi connectivity index (χ3n) is 4.91. The largest absolute Gasteiger partial charge is 0.497 e. The standard InChI is InChI=1S/C20H23FN2O4S/c1-14-5-6-16(21)12-19(14)22-20(24)15-4-3-11-23(13-15)28(25,26)18-9-7-17(27-2)8-10-18/h5-10,12,15H,3-4,11,13H2,1-2H3,(H,22,24)/t15-/m1/s1. The summed E-state index contributed by atoms with van der Waals surface area (Å²) in [7, 11) is -2.19.